The highest BCUT2D eigenvalue weighted by Gasteiger charge is 2.10. The first-order chi connectivity index (χ1) is 6.81. The number of aromatic nitrogens is 2. The molecule has 2 rings (SSSR count). The lowest BCUT2D eigenvalue weighted by Crippen LogP contribution is -1.97. The van der Waals surface area contributed by atoms with Crippen LogP contribution in [-0.2, 0) is 0 Å². The van der Waals surface area contributed by atoms with Gasteiger partial charge in [0.2, 0.25) is 0 Å². The molecule has 0 aliphatic heterocycles. The van der Waals surface area contributed by atoms with Crippen molar-refractivity contribution in [2.75, 3.05) is 11.9 Å². The van der Waals surface area contributed by atoms with Gasteiger partial charge in [0.15, 0.2) is 5.82 Å². The van der Waals surface area contributed by atoms with E-state index >= 15 is 0 Å². The largest absolute Gasteiger partial charge is 0.368 e. The molecule has 2 aromatic heterocycles. The molecule has 14 heavy (non-hydrogen) atoms. The monoisotopic (exact) mass is 225 g/mol. The van der Waals surface area contributed by atoms with Crippen LogP contribution in [0.3, 0.4) is 0 Å². The highest BCUT2D eigenvalue weighted by atomic mass is 32.1. The average Bonchev–Trinajstić information content (AvgIpc) is 2.74. The maximum atomic E-state index is 4.29. The van der Waals surface area contributed by atoms with Gasteiger partial charge in [0.1, 0.15) is 5.69 Å². The Labute approximate surface area is 91.1 Å². The molecule has 0 aliphatic rings. The van der Waals surface area contributed by atoms with E-state index in [-0.39, 0.29) is 0 Å². The van der Waals surface area contributed by atoms with Gasteiger partial charge in [-0.3, -0.25) is 0 Å². The zero-order chi connectivity index (χ0) is 9.97. The van der Waals surface area contributed by atoms with Gasteiger partial charge in [-0.05, 0) is 19.9 Å². The maximum absolute atomic E-state index is 4.29. The number of thiophene rings is 1. The van der Waals surface area contributed by atoms with Crippen LogP contribution in [0.2, 0.25) is 0 Å². The second kappa shape index (κ2) is 4.06. The smallest absolute Gasteiger partial charge is 0.168 e. The van der Waals surface area contributed by atoms with Gasteiger partial charge < -0.3 is 5.32 Å². The molecule has 0 aromatic carbocycles. The molecule has 2 heterocycles. The first kappa shape index (κ1) is 9.61. The van der Waals surface area contributed by atoms with Crippen molar-refractivity contribution in [1.29, 1.82) is 0 Å². The molecular formula is C9H11N3S2. The lowest BCUT2D eigenvalue weighted by molar-refractivity contribution is 1.19. The average molecular weight is 225 g/mol. The van der Waals surface area contributed by atoms with E-state index in [9.17, 15) is 0 Å². The first-order valence-corrected chi connectivity index (χ1v) is 6.04. The summed E-state index contributed by atoms with van der Waals surface area (Å²) in [5.74, 6) is 0.898. The lowest BCUT2D eigenvalue weighted by atomic mass is 10.2. The molecule has 3 nitrogen and oxygen atoms in total. The molecule has 1 N–H and O–H groups in total. The summed E-state index contributed by atoms with van der Waals surface area (Å²) in [5.41, 5.74) is 2.14. The lowest BCUT2D eigenvalue weighted by Gasteiger charge is -1.98. The van der Waals surface area contributed by atoms with Crippen molar-refractivity contribution in [3.63, 3.8) is 0 Å². The Morgan fingerprint density at radius 3 is 2.93 bits per heavy atom. The Kier molecular flexibility index (Phi) is 2.79. The number of nitrogens with zero attached hydrogens (tertiary/aromatic N) is 2. The van der Waals surface area contributed by atoms with Crippen molar-refractivity contribution in [1.82, 2.24) is 8.75 Å². The van der Waals surface area contributed by atoms with E-state index in [1.54, 1.807) is 11.3 Å². The molecule has 0 unspecified atom stereocenters. The molecule has 0 amide bonds. The van der Waals surface area contributed by atoms with Crippen molar-refractivity contribution < 1.29 is 0 Å². The third-order valence-corrected chi connectivity index (χ3v) is 3.23. The van der Waals surface area contributed by atoms with Crippen LogP contribution >= 0.6 is 23.1 Å². The van der Waals surface area contributed by atoms with Gasteiger partial charge in [0.25, 0.3) is 0 Å². The molecule has 2 aromatic rings. The Balaban J connectivity index is 2.36. The molecule has 0 bridgehead atoms. The Hall–Kier alpha value is -0.940. The fourth-order valence-electron chi connectivity index (χ4n) is 1.23. The van der Waals surface area contributed by atoms with Crippen LogP contribution < -0.4 is 5.32 Å². The summed E-state index contributed by atoms with van der Waals surface area (Å²) in [5, 5.41) is 5.32. The molecule has 0 atom stereocenters. The van der Waals surface area contributed by atoms with Gasteiger partial charge >= 0.3 is 0 Å². The van der Waals surface area contributed by atoms with Crippen molar-refractivity contribution in [3.8, 4) is 11.3 Å². The van der Waals surface area contributed by atoms with Crippen LogP contribution in [-0.4, -0.2) is 15.3 Å². The summed E-state index contributed by atoms with van der Waals surface area (Å²) >= 11 is 2.99. The Bertz CT molecular complexity index is 419. The number of anilines is 1. The summed E-state index contributed by atoms with van der Waals surface area (Å²) in [6.07, 6.45) is 0. The summed E-state index contributed by atoms with van der Waals surface area (Å²) in [6.45, 7) is 5.03. The number of hydrogen-bond acceptors (Lipinski definition) is 5. The molecule has 0 aliphatic carbocycles. The van der Waals surface area contributed by atoms with E-state index in [1.165, 1.54) is 16.6 Å². The Morgan fingerprint density at radius 2 is 2.29 bits per heavy atom. The van der Waals surface area contributed by atoms with E-state index in [1.807, 2.05) is 0 Å². The van der Waals surface area contributed by atoms with Crippen molar-refractivity contribution in [2.24, 2.45) is 0 Å². The van der Waals surface area contributed by atoms with E-state index < -0.39 is 0 Å². The van der Waals surface area contributed by atoms with Gasteiger partial charge in [-0.15, -0.1) is 11.3 Å². The van der Waals surface area contributed by atoms with Gasteiger partial charge in [-0.1, -0.05) is 0 Å². The quantitative estimate of drug-likeness (QED) is 0.872. The van der Waals surface area contributed by atoms with E-state index in [4.69, 9.17) is 0 Å². The molecule has 0 spiro atoms. The normalized spacial score (nSPS) is 10.4. The van der Waals surface area contributed by atoms with Crippen molar-refractivity contribution in [3.05, 3.63) is 16.3 Å². The summed E-state index contributed by atoms with van der Waals surface area (Å²) in [4.78, 5) is 1.30. The molecule has 0 fully saturated rings. The van der Waals surface area contributed by atoms with E-state index in [2.05, 4.69) is 39.4 Å². The third kappa shape index (κ3) is 1.78. The van der Waals surface area contributed by atoms with Crippen LogP contribution in [0.1, 0.15) is 11.8 Å². The fraction of sp³-hybridized carbons (Fsp3) is 0.333. The van der Waals surface area contributed by atoms with Crippen molar-refractivity contribution >= 4 is 28.9 Å². The Morgan fingerprint density at radius 1 is 1.43 bits per heavy atom. The molecule has 0 saturated heterocycles. The highest BCUT2D eigenvalue weighted by Crippen LogP contribution is 2.29. The number of aryl methyl sites for hydroxylation is 1. The highest BCUT2D eigenvalue weighted by molar-refractivity contribution is 7.10. The fourth-order valence-corrected chi connectivity index (χ4v) is 2.46. The van der Waals surface area contributed by atoms with Crippen LogP contribution in [0.5, 0.6) is 0 Å². The molecular weight excluding hydrogens is 214 g/mol. The minimum atomic E-state index is 0.877. The number of hydrogen-bond donors (Lipinski definition) is 1. The predicted molar refractivity (Wildman–Crippen MR) is 62.1 cm³/mol. The SMILES string of the molecule is CCNc1nsnc1-c1csc(C)c1. The van der Waals surface area contributed by atoms with Crippen LogP contribution in [0.4, 0.5) is 5.82 Å². The minimum Gasteiger partial charge on any atom is -0.368 e. The van der Waals surface area contributed by atoms with Crippen LogP contribution in [0.25, 0.3) is 11.3 Å². The second-order valence-corrected chi connectivity index (χ2v) is 4.58. The van der Waals surface area contributed by atoms with Gasteiger partial charge in [-0.2, -0.15) is 8.75 Å². The minimum absolute atomic E-state index is 0.877. The van der Waals surface area contributed by atoms with E-state index in [0.29, 0.717) is 0 Å². The second-order valence-electron chi connectivity index (χ2n) is 2.94. The standard InChI is InChI=1S/C9H11N3S2/c1-3-10-9-8(11-14-12-9)7-4-6(2)13-5-7/h4-5H,3H2,1-2H3,(H,10,12). The summed E-state index contributed by atoms with van der Waals surface area (Å²) in [6, 6.07) is 2.14. The van der Waals surface area contributed by atoms with Gasteiger partial charge in [-0.25, -0.2) is 0 Å². The first-order valence-electron chi connectivity index (χ1n) is 4.43. The predicted octanol–water partition coefficient (Wildman–Crippen LogP) is 3.01. The summed E-state index contributed by atoms with van der Waals surface area (Å²) in [7, 11) is 0. The van der Waals surface area contributed by atoms with Crippen molar-refractivity contribution in [2.45, 2.75) is 13.8 Å². The third-order valence-electron chi connectivity index (χ3n) is 1.84. The molecule has 0 radical (unpaired) electrons. The van der Waals surface area contributed by atoms with E-state index in [0.717, 1.165) is 23.6 Å². The van der Waals surface area contributed by atoms with Crippen LogP contribution in [0, 0.1) is 6.92 Å². The van der Waals surface area contributed by atoms with Gasteiger partial charge in [0.05, 0.1) is 11.7 Å². The number of nitrogens with one attached hydrogen (secondary N) is 1. The molecule has 74 valence electrons. The maximum Gasteiger partial charge on any atom is 0.168 e. The summed E-state index contributed by atoms with van der Waals surface area (Å²) < 4.78 is 8.51. The number of rotatable bonds is 3. The zero-order valence-electron chi connectivity index (χ0n) is 8.07. The van der Waals surface area contributed by atoms with Gasteiger partial charge in [0, 0.05) is 22.4 Å². The van der Waals surface area contributed by atoms with Crippen LogP contribution in [0.15, 0.2) is 11.4 Å². The topological polar surface area (TPSA) is 37.8 Å². The molecule has 5 heteroatoms. The molecule has 0 saturated carbocycles. The zero-order valence-corrected chi connectivity index (χ0v) is 9.71.